The number of hydrogen-bond acceptors (Lipinski definition) is 4. The maximum absolute atomic E-state index is 9.29. The van der Waals surface area contributed by atoms with Crippen molar-refractivity contribution in [2.75, 3.05) is 13.7 Å². The Morgan fingerprint density at radius 3 is 2.71 bits per heavy atom. The monoisotopic (exact) mass is 283 g/mol. The maximum atomic E-state index is 9.29. The quantitative estimate of drug-likeness (QED) is 0.798. The fraction of sp³-hybridized carbons (Fsp3) is 0.250. The number of benzene rings is 1. The molecule has 3 aromatic rings. The van der Waals surface area contributed by atoms with E-state index >= 15 is 0 Å². The summed E-state index contributed by atoms with van der Waals surface area (Å²) >= 11 is 0. The number of methoxy groups -OCH3 is 1. The Kier molecular flexibility index (Phi) is 3.58. The van der Waals surface area contributed by atoms with E-state index in [9.17, 15) is 5.11 Å². The van der Waals surface area contributed by atoms with Gasteiger partial charge in [0, 0.05) is 12.5 Å². The molecule has 0 amide bonds. The number of nitrogens with zero attached hydrogens (tertiary/aromatic N) is 3. The first-order valence-electron chi connectivity index (χ1n) is 6.84. The van der Waals surface area contributed by atoms with Crippen molar-refractivity contribution in [1.82, 2.24) is 14.5 Å². The number of aliphatic hydroxyl groups is 1. The van der Waals surface area contributed by atoms with Crippen LogP contribution in [0.1, 0.15) is 11.4 Å². The van der Waals surface area contributed by atoms with Crippen LogP contribution in [0.2, 0.25) is 0 Å². The molecule has 0 saturated carbocycles. The van der Waals surface area contributed by atoms with Gasteiger partial charge in [-0.2, -0.15) is 4.98 Å². The van der Waals surface area contributed by atoms with Crippen molar-refractivity contribution < 1.29 is 9.84 Å². The third-order valence-electron chi connectivity index (χ3n) is 3.44. The Hall–Kier alpha value is -2.40. The molecule has 5 heteroatoms. The molecule has 0 aliphatic heterocycles. The highest BCUT2D eigenvalue weighted by atomic mass is 16.5. The van der Waals surface area contributed by atoms with E-state index in [-0.39, 0.29) is 6.61 Å². The number of hydrogen-bond donors (Lipinski definition) is 1. The zero-order chi connectivity index (χ0) is 14.8. The second-order valence-electron chi connectivity index (χ2n) is 4.82. The Balaban J connectivity index is 2.28. The van der Waals surface area contributed by atoms with Crippen LogP contribution in [0.5, 0.6) is 5.88 Å². The lowest BCUT2D eigenvalue weighted by Crippen LogP contribution is -2.05. The van der Waals surface area contributed by atoms with Crippen molar-refractivity contribution >= 4 is 11.0 Å². The lowest BCUT2D eigenvalue weighted by molar-refractivity contribution is 0.296. The summed E-state index contributed by atoms with van der Waals surface area (Å²) in [6.45, 7) is 2.08. The van der Waals surface area contributed by atoms with Gasteiger partial charge in [0.15, 0.2) is 0 Å². The van der Waals surface area contributed by atoms with E-state index in [0.717, 1.165) is 28.2 Å². The van der Waals surface area contributed by atoms with E-state index in [4.69, 9.17) is 4.74 Å². The zero-order valence-corrected chi connectivity index (χ0v) is 12.1. The topological polar surface area (TPSA) is 60.2 Å². The standard InChI is InChI=1S/C16H17N3O2/c1-11-5-3-6-12-16(11)18-14(9-10-20)19(12)13-7-4-8-15(17-13)21-2/h3-8,20H,9-10H2,1-2H3. The molecular formula is C16H17N3O2. The fourth-order valence-corrected chi connectivity index (χ4v) is 2.45. The molecule has 21 heavy (non-hydrogen) atoms. The minimum Gasteiger partial charge on any atom is -0.481 e. The second kappa shape index (κ2) is 5.54. The molecule has 0 radical (unpaired) electrons. The van der Waals surface area contributed by atoms with Gasteiger partial charge in [-0.25, -0.2) is 4.98 Å². The van der Waals surface area contributed by atoms with Crippen LogP contribution in [0.3, 0.4) is 0 Å². The highest BCUT2D eigenvalue weighted by Crippen LogP contribution is 2.24. The van der Waals surface area contributed by atoms with Gasteiger partial charge in [-0.05, 0) is 24.6 Å². The van der Waals surface area contributed by atoms with Crippen LogP contribution in [0.15, 0.2) is 36.4 Å². The van der Waals surface area contributed by atoms with Crippen LogP contribution in [0.25, 0.3) is 16.9 Å². The summed E-state index contributed by atoms with van der Waals surface area (Å²) in [5, 5.41) is 9.29. The van der Waals surface area contributed by atoms with Crippen LogP contribution >= 0.6 is 0 Å². The van der Waals surface area contributed by atoms with Gasteiger partial charge in [0.1, 0.15) is 11.6 Å². The minimum atomic E-state index is 0.0480. The third-order valence-corrected chi connectivity index (χ3v) is 3.44. The van der Waals surface area contributed by atoms with Gasteiger partial charge in [-0.3, -0.25) is 4.57 Å². The second-order valence-corrected chi connectivity index (χ2v) is 4.82. The van der Waals surface area contributed by atoms with Gasteiger partial charge in [-0.1, -0.05) is 18.2 Å². The minimum absolute atomic E-state index is 0.0480. The van der Waals surface area contributed by atoms with Crippen molar-refractivity contribution in [2.24, 2.45) is 0 Å². The number of aliphatic hydroxyl groups excluding tert-OH is 1. The number of aryl methyl sites for hydroxylation is 1. The summed E-state index contributed by atoms with van der Waals surface area (Å²) in [7, 11) is 1.59. The molecule has 0 spiro atoms. The van der Waals surface area contributed by atoms with Gasteiger partial charge in [0.2, 0.25) is 5.88 Å². The molecule has 0 saturated heterocycles. The Morgan fingerprint density at radius 2 is 1.95 bits per heavy atom. The van der Waals surface area contributed by atoms with E-state index in [1.54, 1.807) is 13.2 Å². The van der Waals surface area contributed by atoms with Gasteiger partial charge in [-0.15, -0.1) is 0 Å². The predicted molar refractivity (Wildman–Crippen MR) is 80.9 cm³/mol. The highest BCUT2D eigenvalue weighted by Gasteiger charge is 2.14. The number of fused-ring (bicyclic) bond motifs is 1. The molecule has 1 N–H and O–H groups in total. The molecule has 108 valence electrons. The average molecular weight is 283 g/mol. The fourth-order valence-electron chi connectivity index (χ4n) is 2.45. The number of ether oxygens (including phenoxy) is 1. The van der Waals surface area contributed by atoms with Gasteiger partial charge in [0.05, 0.1) is 24.8 Å². The molecule has 2 aromatic heterocycles. The number of imidazole rings is 1. The van der Waals surface area contributed by atoms with Gasteiger partial charge < -0.3 is 9.84 Å². The van der Waals surface area contributed by atoms with Crippen LogP contribution in [0.4, 0.5) is 0 Å². The number of pyridine rings is 1. The van der Waals surface area contributed by atoms with Crippen LogP contribution in [0, 0.1) is 6.92 Å². The smallest absolute Gasteiger partial charge is 0.214 e. The van der Waals surface area contributed by atoms with E-state index < -0.39 is 0 Å². The summed E-state index contributed by atoms with van der Waals surface area (Å²) in [5.41, 5.74) is 3.03. The average Bonchev–Trinajstić information content (AvgIpc) is 2.87. The summed E-state index contributed by atoms with van der Waals surface area (Å²) in [5.74, 6) is 2.09. The van der Waals surface area contributed by atoms with Crippen LogP contribution in [-0.2, 0) is 6.42 Å². The Bertz CT molecular complexity index is 780. The van der Waals surface area contributed by atoms with E-state index in [0.29, 0.717) is 12.3 Å². The zero-order valence-electron chi connectivity index (χ0n) is 12.1. The van der Waals surface area contributed by atoms with Crippen molar-refractivity contribution in [1.29, 1.82) is 0 Å². The molecule has 0 aliphatic rings. The lowest BCUT2D eigenvalue weighted by Gasteiger charge is -2.09. The van der Waals surface area contributed by atoms with Crippen molar-refractivity contribution in [2.45, 2.75) is 13.3 Å². The first-order valence-corrected chi connectivity index (χ1v) is 6.84. The summed E-state index contributed by atoms with van der Waals surface area (Å²) in [6.07, 6.45) is 0.479. The third kappa shape index (κ3) is 2.36. The van der Waals surface area contributed by atoms with Crippen molar-refractivity contribution in [3.63, 3.8) is 0 Å². The van der Waals surface area contributed by atoms with E-state index in [1.807, 2.05) is 41.8 Å². The highest BCUT2D eigenvalue weighted by molar-refractivity contribution is 5.81. The first-order chi connectivity index (χ1) is 10.2. The SMILES string of the molecule is COc1cccc(-n2c(CCO)nc3c(C)cccc32)n1. The van der Waals surface area contributed by atoms with Gasteiger partial charge in [0.25, 0.3) is 0 Å². The Labute approximate surface area is 122 Å². The van der Waals surface area contributed by atoms with Crippen LogP contribution in [-0.4, -0.2) is 33.4 Å². The molecule has 1 aromatic carbocycles. The predicted octanol–water partition coefficient (Wildman–Crippen LogP) is 2.27. The number of para-hydroxylation sites is 1. The summed E-state index contributed by atoms with van der Waals surface area (Å²) in [6, 6.07) is 11.6. The maximum Gasteiger partial charge on any atom is 0.214 e. The largest absolute Gasteiger partial charge is 0.481 e. The van der Waals surface area contributed by atoms with E-state index in [2.05, 4.69) is 9.97 Å². The van der Waals surface area contributed by atoms with Crippen molar-refractivity contribution in [3.05, 3.63) is 47.8 Å². The molecule has 0 unspecified atom stereocenters. The molecule has 3 rings (SSSR count). The summed E-state index contributed by atoms with van der Waals surface area (Å²) in [4.78, 5) is 9.13. The Morgan fingerprint density at radius 1 is 1.14 bits per heavy atom. The molecule has 0 fully saturated rings. The molecule has 5 nitrogen and oxygen atoms in total. The lowest BCUT2D eigenvalue weighted by atomic mass is 10.2. The number of rotatable bonds is 4. The number of aromatic nitrogens is 3. The molecule has 0 aliphatic carbocycles. The van der Waals surface area contributed by atoms with Crippen molar-refractivity contribution in [3.8, 4) is 11.7 Å². The van der Waals surface area contributed by atoms with E-state index in [1.165, 1.54) is 0 Å². The molecule has 0 atom stereocenters. The van der Waals surface area contributed by atoms with Gasteiger partial charge >= 0.3 is 0 Å². The summed E-state index contributed by atoms with van der Waals surface area (Å²) < 4.78 is 7.17. The first kappa shape index (κ1) is 13.6. The normalized spacial score (nSPS) is 11.0. The molecular weight excluding hydrogens is 266 g/mol. The molecule has 0 bridgehead atoms. The molecule has 2 heterocycles. The van der Waals surface area contributed by atoms with Crippen LogP contribution < -0.4 is 4.74 Å².